The molecule has 3 nitrogen and oxygen atoms in total. The number of carboxylic acid groups (broad SMARTS) is 1. The zero-order chi connectivity index (χ0) is 19.0. The summed E-state index contributed by atoms with van der Waals surface area (Å²) < 4.78 is 14.3. The maximum absolute atomic E-state index is 14.3. The van der Waals surface area contributed by atoms with Crippen LogP contribution < -0.4 is 0 Å². The van der Waals surface area contributed by atoms with Gasteiger partial charge in [0.05, 0.1) is 22.2 Å². The summed E-state index contributed by atoms with van der Waals surface area (Å²) in [6.45, 7) is 1.67. The van der Waals surface area contributed by atoms with Crippen LogP contribution in [0.1, 0.15) is 15.9 Å². The summed E-state index contributed by atoms with van der Waals surface area (Å²) in [5, 5.41) is 9.71. The molecule has 4 rings (SSSR count). The molecule has 27 heavy (non-hydrogen) atoms. The molecule has 3 aromatic carbocycles. The number of aromatic carboxylic acids is 1. The first-order chi connectivity index (χ1) is 13.1. The van der Waals surface area contributed by atoms with E-state index in [2.05, 4.69) is 4.98 Å². The predicted molar refractivity (Wildman–Crippen MR) is 104 cm³/mol. The molecule has 132 valence electrons. The molecule has 0 bridgehead atoms. The Labute approximate surface area is 155 Å². The molecule has 1 heterocycles. The van der Waals surface area contributed by atoms with Crippen molar-refractivity contribution in [3.8, 4) is 22.4 Å². The summed E-state index contributed by atoms with van der Waals surface area (Å²) in [5.41, 5.74) is 4.24. The third-order valence-electron chi connectivity index (χ3n) is 4.68. The van der Waals surface area contributed by atoms with E-state index in [-0.39, 0.29) is 10.9 Å². The number of rotatable bonds is 3. The van der Waals surface area contributed by atoms with Crippen LogP contribution in [0.2, 0.25) is 0 Å². The first-order valence-electron chi connectivity index (χ1n) is 8.54. The van der Waals surface area contributed by atoms with Gasteiger partial charge in [-0.1, -0.05) is 60.7 Å². The Balaban J connectivity index is 1.89. The van der Waals surface area contributed by atoms with Crippen molar-refractivity contribution >= 4 is 16.9 Å². The molecule has 0 aliphatic rings. The van der Waals surface area contributed by atoms with Gasteiger partial charge in [-0.05, 0) is 35.7 Å². The minimum Gasteiger partial charge on any atom is -0.478 e. The van der Waals surface area contributed by atoms with Gasteiger partial charge in [-0.25, -0.2) is 14.2 Å². The molecular weight excluding hydrogens is 341 g/mol. The molecule has 0 spiro atoms. The molecule has 0 saturated heterocycles. The number of benzene rings is 3. The number of nitrogens with zero attached hydrogens (tertiary/aromatic N) is 1. The molecular formula is C23H16FNO2. The molecule has 0 fully saturated rings. The van der Waals surface area contributed by atoms with Crippen LogP contribution in [0.5, 0.6) is 0 Å². The van der Waals surface area contributed by atoms with E-state index in [1.807, 2.05) is 54.6 Å². The van der Waals surface area contributed by atoms with Crippen LogP contribution >= 0.6 is 0 Å². The summed E-state index contributed by atoms with van der Waals surface area (Å²) in [4.78, 5) is 16.4. The lowest BCUT2D eigenvalue weighted by atomic mass is 9.96. The van der Waals surface area contributed by atoms with E-state index in [4.69, 9.17) is 0 Å². The highest BCUT2D eigenvalue weighted by Gasteiger charge is 2.20. The second-order valence-corrected chi connectivity index (χ2v) is 6.34. The van der Waals surface area contributed by atoms with Gasteiger partial charge in [0.15, 0.2) is 0 Å². The fraction of sp³-hybridized carbons (Fsp3) is 0.0435. The van der Waals surface area contributed by atoms with Crippen molar-refractivity contribution in [2.24, 2.45) is 0 Å². The van der Waals surface area contributed by atoms with E-state index in [0.29, 0.717) is 16.8 Å². The molecule has 0 atom stereocenters. The number of aromatic nitrogens is 1. The standard InChI is InChI=1S/C23H16FNO2/c1-14-20(23(26)27)21-18(24)8-5-9-19(21)25-22(14)17-12-10-16(11-13-17)15-6-3-2-4-7-15/h2-13H,1H3,(H,26,27). The highest BCUT2D eigenvalue weighted by atomic mass is 19.1. The average Bonchev–Trinajstić information content (AvgIpc) is 2.69. The van der Waals surface area contributed by atoms with Gasteiger partial charge in [-0.2, -0.15) is 0 Å². The van der Waals surface area contributed by atoms with Crippen molar-refractivity contribution in [3.63, 3.8) is 0 Å². The number of pyridine rings is 1. The van der Waals surface area contributed by atoms with Crippen molar-refractivity contribution in [1.82, 2.24) is 4.98 Å². The van der Waals surface area contributed by atoms with Gasteiger partial charge >= 0.3 is 5.97 Å². The Morgan fingerprint density at radius 1 is 0.852 bits per heavy atom. The lowest BCUT2D eigenvalue weighted by Gasteiger charge is -2.13. The summed E-state index contributed by atoms with van der Waals surface area (Å²) in [6, 6.07) is 22.2. The molecule has 0 unspecified atom stereocenters. The van der Waals surface area contributed by atoms with Crippen molar-refractivity contribution < 1.29 is 14.3 Å². The van der Waals surface area contributed by atoms with Gasteiger partial charge in [0, 0.05) is 5.56 Å². The third-order valence-corrected chi connectivity index (χ3v) is 4.68. The van der Waals surface area contributed by atoms with Gasteiger partial charge in [-0.15, -0.1) is 0 Å². The van der Waals surface area contributed by atoms with Gasteiger partial charge in [0.25, 0.3) is 0 Å². The van der Waals surface area contributed by atoms with Gasteiger partial charge in [0.2, 0.25) is 0 Å². The van der Waals surface area contributed by atoms with Crippen LogP contribution in [0.3, 0.4) is 0 Å². The Bertz CT molecular complexity index is 1150. The molecule has 0 saturated carbocycles. The zero-order valence-corrected chi connectivity index (χ0v) is 14.6. The highest BCUT2D eigenvalue weighted by molar-refractivity contribution is 6.05. The van der Waals surface area contributed by atoms with Gasteiger partial charge in [0.1, 0.15) is 5.82 Å². The van der Waals surface area contributed by atoms with E-state index in [1.165, 1.54) is 12.1 Å². The molecule has 1 aromatic heterocycles. The molecule has 4 aromatic rings. The number of carboxylic acids is 1. The van der Waals surface area contributed by atoms with Crippen LogP contribution in [0.25, 0.3) is 33.3 Å². The normalized spacial score (nSPS) is 10.9. The van der Waals surface area contributed by atoms with Gasteiger partial charge in [-0.3, -0.25) is 0 Å². The quantitative estimate of drug-likeness (QED) is 0.510. The number of halogens is 1. The SMILES string of the molecule is Cc1c(-c2ccc(-c3ccccc3)cc2)nc2cccc(F)c2c1C(=O)O. The number of carbonyl (C=O) groups is 1. The van der Waals surface area contributed by atoms with Crippen molar-refractivity contribution in [2.45, 2.75) is 6.92 Å². The summed E-state index contributed by atoms with van der Waals surface area (Å²) in [6.07, 6.45) is 0. The first kappa shape index (κ1) is 16.9. The molecule has 1 N–H and O–H groups in total. The highest BCUT2D eigenvalue weighted by Crippen LogP contribution is 2.32. The van der Waals surface area contributed by atoms with E-state index in [1.54, 1.807) is 13.0 Å². The summed E-state index contributed by atoms with van der Waals surface area (Å²) in [7, 11) is 0. The van der Waals surface area contributed by atoms with Gasteiger partial charge < -0.3 is 5.11 Å². The van der Waals surface area contributed by atoms with Crippen LogP contribution in [0, 0.1) is 12.7 Å². The third kappa shape index (κ3) is 2.95. The maximum Gasteiger partial charge on any atom is 0.336 e. The lowest BCUT2D eigenvalue weighted by molar-refractivity contribution is 0.0698. The second-order valence-electron chi connectivity index (χ2n) is 6.34. The maximum atomic E-state index is 14.3. The fourth-order valence-corrected chi connectivity index (χ4v) is 3.36. The Morgan fingerprint density at radius 2 is 1.48 bits per heavy atom. The number of hydrogen-bond acceptors (Lipinski definition) is 2. The van der Waals surface area contributed by atoms with E-state index in [9.17, 15) is 14.3 Å². The van der Waals surface area contributed by atoms with E-state index in [0.717, 1.165) is 16.7 Å². The Morgan fingerprint density at radius 3 is 2.15 bits per heavy atom. The number of fused-ring (bicyclic) bond motifs is 1. The smallest absolute Gasteiger partial charge is 0.336 e. The fourth-order valence-electron chi connectivity index (χ4n) is 3.36. The van der Waals surface area contributed by atoms with Crippen LogP contribution in [-0.2, 0) is 0 Å². The topological polar surface area (TPSA) is 50.2 Å². The number of hydrogen-bond donors (Lipinski definition) is 1. The molecule has 0 aliphatic heterocycles. The lowest BCUT2D eigenvalue weighted by Crippen LogP contribution is -2.06. The molecule has 0 radical (unpaired) electrons. The Kier molecular flexibility index (Phi) is 4.16. The summed E-state index contributed by atoms with van der Waals surface area (Å²) >= 11 is 0. The van der Waals surface area contributed by atoms with Crippen LogP contribution in [0.4, 0.5) is 4.39 Å². The first-order valence-corrected chi connectivity index (χ1v) is 8.54. The second kappa shape index (κ2) is 6.65. The molecule has 0 aliphatic carbocycles. The minimum atomic E-state index is -1.16. The molecule has 0 amide bonds. The van der Waals surface area contributed by atoms with Crippen LogP contribution in [-0.4, -0.2) is 16.1 Å². The zero-order valence-electron chi connectivity index (χ0n) is 14.6. The van der Waals surface area contributed by atoms with E-state index < -0.39 is 11.8 Å². The van der Waals surface area contributed by atoms with Crippen molar-refractivity contribution in [3.05, 3.63) is 89.7 Å². The van der Waals surface area contributed by atoms with Crippen molar-refractivity contribution in [1.29, 1.82) is 0 Å². The molecule has 4 heteroatoms. The van der Waals surface area contributed by atoms with E-state index >= 15 is 0 Å². The summed E-state index contributed by atoms with van der Waals surface area (Å²) in [5.74, 6) is -1.74. The minimum absolute atomic E-state index is 0.0414. The largest absolute Gasteiger partial charge is 0.478 e. The van der Waals surface area contributed by atoms with Crippen LogP contribution in [0.15, 0.2) is 72.8 Å². The predicted octanol–water partition coefficient (Wildman–Crippen LogP) is 5.71. The average molecular weight is 357 g/mol. The Hall–Kier alpha value is -3.53. The van der Waals surface area contributed by atoms with Crippen molar-refractivity contribution in [2.75, 3.05) is 0 Å². The monoisotopic (exact) mass is 357 g/mol.